The third-order valence-electron chi connectivity index (χ3n) is 3.93. The Morgan fingerprint density at radius 3 is 2.76 bits per heavy atom. The highest BCUT2D eigenvalue weighted by atomic mass is 19.1. The smallest absolute Gasteiger partial charge is 0.234 e. The minimum absolute atomic E-state index is 0.0772. The molecule has 2 aromatic rings. The van der Waals surface area contributed by atoms with Gasteiger partial charge in [0.15, 0.2) is 11.5 Å². The molecule has 2 aromatic carbocycles. The summed E-state index contributed by atoms with van der Waals surface area (Å²) in [6.07, 6.45) is 0. The number of nitrogens with one attached hydrogen (secondary N) is 1. The van der Waals surface area contributed by atoms with Gasteiger partial charge < -0.3 is 25.3 Å². The number of ether oxygens (including phenoxy) is 3. The molecule has 0 aromatic heterocycles. The summed E-state index contributed by atoms with van der Waals surface area (Å²) in [6, 6.07) is 9.51. The molecule has 132 valence electrons. The van der Waals surface area contributed by atoms with Gasteiger partial charge in [0.1, 0.15) is 12.4 Å². The Hall–Kier alpha value is -2.80. The molecule has 1 amide bonds. The fraction of sp³-hybridized carbons (Fsp3) is 0.278. The van der Waals surface area contributed by atoms with E-state index < -0.39 is 11.9 Å². The standard InChI is InChI=1S/C18H19FN2O4/c1-11(18(20)22)21-8-12-6-7-15(17-16(12)24-10-25-17)23-9-13-4-2-3-5-14(13)19/h2-7,11,21H,8-10H2,1H3,(H2,20,22). The first-order valence-corrected chi connectivity index (χ1v) is 7.86. The van der Waals surface area contributed by atoms with Crippen LogP contribution in [0.4, 0.5) is 4.39 Å². The predicted octanol–water partition coefficient (Wildman–Crippen LogP) is 2.10. The minimum Gasteiger partial charge on any atom is -0.485 e. The molecular weight excluding hydrogens is 327 g/mol. The van der Waals surface area contributed by atoms with Crippen LogP contribution in [-0.4, -0.2) is 18.7 Å². The number of nitrogens with two attached hydrogens (primary N) is 1. The van der Waals surface area contributed by atoms with Gasteiger partial charge in [-0.15, -0.1) is 0 Å². The summed E-state index contributed by atoms with van der Waals surface area (Å²) in [7, 11) is 0. The molecule has 0 spiro atoms. The molecule has 1 aliphatic rings. The number of amides is 1. The number of rotatable bonds is 7. The number of hydrogen-bond donors (Lipinski definition) is 2. The molecule has 6 nitrogen and oxygen atoms in total. The Morgan fingerprint density at radius 1 is 1.24 bits per heavy atom. The number of halogens is 1. The van der Waals surface area contributed by atoms with Crippen LogP contribution in [0.25, 0.3) is 0 Å². The molecule has 0 saturated carbocycles. The fourth-order valence-electron chi connectivity index (χ4n) is 2.42. The summed E-state index contributed by atoms with van der Waals surface area (Å²) in [6.45, 7) is 2.24. The quantitative estimate of drug-likeness (QED) is 0.802. The number of fused-ring (bicyclic) bond motifs is 1. The van der Waals surface area contributed by atoms with E-state index in [2.05, 4.69) is 5.32 Å². The molecule has 0 aliphatic carbocycles. The third kappa shape index (κ3) is 3.83. The molecule has 1 atom stereocenters. The lowest BCUT2D eigenvalue weighted by Gasteiger charge is -2.14. The molecule has 3 N–H and O–H groups in total. The van der Waals surface area contributed by atoms with Crippen molar-refractivity contribution in [3.05, 3.63) is 53.3 Å². The van der Waals surface area contributed by atoms with E-state index in [0.29, 0.717) is 29.4 Å². The predicted molar refractivity (Wildman–Crippen MR) is 88.8 cm³/mol. The molecule has 3 rings (SSSR count). The summed E-state index contributed by atoms with van der Waals surface area (Å²) in [4.78, 5) is 11.1. The van der Waals surface area contributed by atoms with E-state index in [-0.39, 0.29) is 19.2 Å². The van der Waals surface area contributed by atoms with Gasteiger partial charge in [0.2, 0.25) is 18.4 Å². The second kappa shape index (κ2) is 7.40. The number of primary amides is 1. The van der Waals surface area contributed by atoms with E-state index in [1.807, 2.05) is 6.07 Å². The van der Waals surface area contributed by atoms with Crippen molar-refractivity contribution in [2.24, 2.45) is 5.73 Å². The molecule has 25 heavy (non-hydrogen) atoms. The molecular formula is C18H19FN2O4. The van der Waals surface area contributed by atoms with E-state index in [9.17, 15) is 9.18 Å². The maximum atomic E-state index is 13.7. The van der Waals surface area contributed by atoms with Crippen LogP contribution < -0.4 is 25.3 Å². The van der Waals surface area contributed by atoms with E-state index in [1.54, 1.807) is 31.2 Å². The highest BCUT2D eigenvalue weighted by Crippen LogP contribution is 2.43. The lowest BCUT2D eigenvalue weighted by Crippen LogP contribution is -2.38. The highest BCUT2D eigenvalue weighted by Gasteiger charge is 2.23. The van der Waals surface area contributed by atoms with Gasteiger partial charge in [-0.05, 0) is 19.1 Å². The lowest BCUT2D eigenvalue weighted by atomic mass is 10.1. The zero-order valence-electron chi connectivity index (χ0n) is 13.8. The van der Waals surface area contributed by atoms with Crippen LogP contribution in [0.15, 0.2) is 36.4 Å². The summed E-state index contributed by atoms with van der Waals surface area (Å²) >= 11 is 0. The molecule has 0 fully saturated rings. The largest absolute Gasteiger partial charge is 0.485 e. The van der Waals surface area contributed by atoms with Gasteiger partial charge in [0, 0.05) is 17.7 Å². The van der Waals surface area contributed by atoms with Gasteiger partial charge >= 0.3 is 0 Å². The van der Waals surface area contributed by atoms with Crippen molar-refractivity contribution in [2.45, 2.75) is 26.1 Å². The number of carbonyl (C=O) groups is 1. The summed E-state index contributed by atoms with van der Waals surface area (Å²) < 4.78 is 30.4. The Kier molecular flexibility index (Phi) is 5.04. The molecule has 7 heteroatoms. The molecule has 0 radical (unpaired) electrons. The van der Waals surface area contributed by atoms with Gasteiger partial charge in [-0.25, -0.2) is 4.39 Å². The number of benzene rings is 2. The Balaban J connectivity index is 1.73. The zero-order chi connectivity index (χ0) is 17.8. The topological polar surface area (TPSA) is 82.8 Å². The SMILES string of the molecule is CC(NCc1ccc(OCc2ccccc2F)c2c1OCO2)C(N)=O. The Bertz CT molecular complexity index is 782. The van der Waals surface area contributed by atoms with E-state index in [4.69, 9.17) is 19.9 Å². The second-order valence-electron chi connectivity index (χ2n) is 5.67. The monoisotopic (exact) mass is 346 g/mol. The van der Waals surface area contributed by atoms with Gasteiger partial charge in [-0.2, -0.15) is 0 Å². The average Bonchev–Trinajstić information content (AvgIpc) is 3.09. The molecule has 1 unspecified atom stereocenters. The first-order chi connectivity index (χ1) is 12.1. The molecule has 1 heterocycles. The van der Waals surface area contributed by atoms with Crippen LogP contribution in [0.1, 0.15) is 18.1 Å². The Morgan fingerprint density at radius 2 is 2.00 bits per heavy atom. The summed E-state index contributed by atoms with van der Waals surface area (Å²) in [5.41, 5.74) is 6.51. The number of hydrogen-bond acceptors (Lipinski definition) is 5. The van der Waals surface area contributed by atoms with Crippen molar-refractivity contribution in [1.29, 1.82) is 0 Å². The van der Waals surface area contributed by atoms with Crippen LogP contribution in [0.3, 0.4) is 0 Å². The van der Waals surface area contributed by atoms with E-state index >= 15 is 0 Å². The zero-order valence-corrected chi connectivity index (χ0v) is 13.8. The van der Waals surface area contributed by atoms with Gasteiger partial charge in [-0.1, -0.05) is 24.3 Å². The van der Waals surface area contributed by atoms with E-state index in [0.717, 1.165) is 5.56 Å². The highest BCUT2D eigenvalue weighted by molar-refractivity contribution is 5.79. The van der Waals surface area contributed by atoms with Crippen molar-refractivity contribution in [3.63, 3.8) is 0 Å². The van der Waals surface area contributed by atoms with Crippen molar-refractivity contribution in [3.8, 4) is 17.2 Å². The maximum Gasteiger partial charge on any atom is 0.234 e. The van der Waals surface area contributed by atoms with Crippen molar-refractivity contribution < 1.29 is 23.4 Å². The fourth-order valence-corrected chi connectivity index (χ4v) is 2.42. The van der Waals surface area contributed by atoms with Crippen LogP contribution in [0, 0.1) is 5.82 Å². The molecule has 0 saturated heterocycles. The summed E-state index contributed by atoms with van der Waals surface area (Å²) in [5, 5.41) is 3.01. The van der Waals surface area contributed by atoms with Gasteiger partial charge in [0.05, 0.1) is 6.04 Å². The minimum atomic E-state index is -0.463. The first-order valence-electron chi connectivity index (χ1n) is 7.86. The van der Waals surface area contributed by atoms with Crippen molar-refractivity contribution in [1.82, 2.24) is 5.32 Å². The van der Waals surface area contributed by atoms with Crippen LogP contribution in [0.5, 0.6) is 17.2 Å². The average molecular weight is 346 g/mol. The van der Waals surface area contributed by atoms with Crippen molar-refractivity contribution >= 4 is 5.91 Å². The first kappa shape index (κ1) is 17.0. The number of carbonyl (C=O) groups excluding carboxylic acids is 1. The van der Waals surface area contributed by atoms with E-state index in [1.165, 1.54) is 6.07 Å². The normalized spacial score (nSPS) is 13.5. The van der Waals surface area contributed by atoms with Crippen molar-refractivity contribution in [2.75, 3.05) is 6.79 Å². The van der Waals surface area contributed by atoms with Crippen LogP contribution in [0.2, 0.25) is 0 Å². The molecule has 0 bridgehead atoms. The third-order valence-corrected chi connectivity index (χ3v) is 3.93. The lowest BCUT2D eigenvalue weighted by molar-refractivity contribution is -0.119. The second-order valence-corrected chi connectivity index (χ2v) is 5.67. The molecule has 1 aliphatic heterocycles. The maximum absolute atomic E-state index is 13.7. The van der Waals surface area contributed by atoms with Crippen LogP contribution in [-0.2, 0) is 17.9 Å². The summed E-state index contributed by atoms with van der Waals surface area (Å²) in [5.74, 6) is 0.747. The van der Waals surface area contributed by atoms with Crippen LogP contribution >= 0.6 is 0 Å². The van der Waals surface area contributed by atoms with Gasteiger partial charge in [-0.3, -0.25) is 4.79 Å². The Labute approximate surface area is 144 Å². The van der Waals surface area contributed by atoms with Gasteiger partial charge in [0.25, 0.3) is 0 Å².